The van der Waals surface area contributed by atoms with Crippen LogP contribution >= 0.6 is 0 Å². The fraction of sp³-hybridized carbons (Fsp3) is 0.545. The average molecular weight is 235 g/mol. The summed E-state index contributed by atoms with van der Waals surface area (Å²) in [7, 11) is 0. The van der Waals surface area contributed by atoms with Crippen LogP contribution in [0.1, 0.15) is 25.6 Å². The summed E-state index contributed by atoms with van der Waals surface area (Å²) in [6.07, 6.45) is 2.44. The summed E-state index contributed by atoms with van der Waals surface area (Å²) in [5.41, 5.74) is 11.1. The summed E-state index contributed by atoms with van der Waals surface area (Å²) in [4.78, 5) is 21.8. The lowest BCUT2D eigenvalue weighted by Gasteiger charge is -2.23. The van der Waals surface area contributed by atoms with E-state index in [0.29, 0.717) is 23.9 Å². The highest BCUT2D eigenvalue weighted by Gasteiger charge is 2.30. The van der Waals surface area contributed by atoms with Gasteiger partial charge < -0.3 is 16.4 Å². The number of rotatable bonds is 3. The zero-order valence-electron chi connectivity index (χ0n) is 9.89. The minimum absolute atomic E-state index is 0.269. The summed E-state index contributed by atoms with van der Waals surface area (Å²) < 4.78 is 0. The van der Waals surface area contributed by atoms with Gasteiger partial charge in [0.25, 0.3) is 0 Å². The molecule has 1 aliphatic rings. The van der Waals surface area contributed by atoms with E-state index in [-0.39, 0.29) is 11.9 Å². The number of anilines is 2. The van der Waals surface area contributed by atoms with Crippen molar-refractivity contribution >= 4 is 17.5 Å². The molecular formula is C11H17N5O. The Morgan fingerprint density at radius 3 is 3.00 bits per heavy atom. The Bertz CT molecular complexity index is 434. The van der Waals surface area contributed by atoms with Gasteiger partial charge in [0.1, 0.15) is 23.5 Å². The van der Waals surface area contributed by atoms with Crippen molar-refractivity contribution in [2.75, 3.05) is 17.2 Å². The van der Waals surface area contributed by atoms with Crippen LogP contribution in [0.5, 0.6) is 0 Å². The van der Waals surface area contributed by atoms with Crippen molar-refractivity contribution < 1.29 is 4.79 Å². The Kier molecular flexibility index (Phi) is 3.12. The predicted octanol–water partition coefficient (Wildman–Crippen LogP) is 0.0753. The molecule has 1 aromatic rings. The van der Waals surface area contributed by atoms with Crippen molar-refractivity contribution in [1.82, 2.24) is 9.97 Å². The molecule has 1 fully saturated rings. The average Bonchev–Trinajstić information content (AvgIpc) is 2.77. The third-order valence-electron chi connectivity index (χ3n) is 2.97. The van der Waals surface area contributed by atoms with Crippen molar-refractivity contribution in [3.05, 3.63) is 11.9 Å². The van der Waals surface area contributed by atoms with E-state index < -0.39 is 0 Å². The highest BCUT2D eigenvalue weighted by atomic mass is 16.1. The minimum Gasteiger partial charge on any atom is -0.384 e. The van der Waals surface area contributed by atoms with Crippen LogP contribution in [-0.2, 0) is 11.2 Å². The topological polar surface area (TPSA) is 98.1 Å². The van der Waals surface area contributed by atoms with Gasteiger partial charge in [-0.3, -0.25) is 4.79 Å². The van der Waals surface area contributed by atoms with E-state index in [2.05, 4.69) is 9.97 Å². The van der Waals surface area contributed by atoms with Gasteiger partial charge in [-0.15, -0.1) is 0 Å². The number of hydrogen-bond acceptors (Lipinski definition) is 5. The van der Waals surface area contributed by atoms with Gasteiger partial charge in [-0.05, 0) is 12.8 Å². The van der Waals surface area contributed by atoms with E-state index >= 15 is 0 Å². The first-order valence-electron chi connectivity index (χ1n) is 5.81. The molecule has 17 heavy (non-hydrogen) atoms. The molecule has 2 heterocycles. The third-order valence-corrected chi connectivity index (χ3v) is 2.97. The largest absolute Gasteiger partial charge is 0.384 e. The zero-order chi connectivity index (χ0) is 12.4. The molecule has 0 aromatic carbocycles. The van der Waals surface area contributed by atoms with E-state index in [1.165, 1.54) is 0 Å². The Balaban J connectivity index is 2.32. The van der Waals surface area contributed by atoms with Crippen LogP contribution in [0, 0.1) is 0 Å². The highest BCUT2D eigenvalue weighted by Crippen LogP contribution is 2.24. The first-order valence-corrected chi connectivity index (χ1v) is 5.81. The summed E-state index contributed by atoms with van der Waals surface area (Å²) in [5, 5.41) is 0. The van der Waals surface area contributed by atoms with Gasteiger partial charge in [0, 0.05) is 19.0 Å². The highest BCUT2D eigenvalue weighted by molar-refractivity contribution is 5.84. The Morgan fingerprint density at radius 1 is 1.59 bits per heavy atom. The van der Waals surface area contributed by atoms with E-state index in [4.69, 9.17) is 11.5 Å². The third kappa shape index (κ3) is 2.30. The van der Waals surface area contributed by atoms with Crippen molar-refractivity contribution in [1.29, 1.82) is 0 Å². The number of aromatic nitrogens is 2. The molecule has 6 heteroatoms. The molecule has 2 rings (SSSR count). The van der Waals surface area contributed by atoms with Crippen molar-refractivity contribution in [2.24, 2.45) is 5.73 Å². The first kappa shape index (κ1) is 11.6. The number of amides is 1. The van der Waals surface area contributed by atoms with Gasteiger partial charge in [0.15, 0.2) is 0 Å². The second-order valence-electron chi connectivity index (χ2n) is 4.17. The summed E-state index contributed by atoms with van der Waals surface area (Å²) >= 11 is 0. The molecule has 1 amide bonds. The summed E-state index contributed by atoms with van der Waals surface area (Å²) in [6.45, 7) is 2.75. The smallest absolute Gasteiger partial charge is 0.240 e. The van der Waals surface area contributed by atoms with Crippen LogP contribution in [0.2, 0.25) is 0 Å². The molecule has 6 nitrogen and oxygen atoms in total. The number of nitrogens with zero attached hydrogens (tertiary/aromatic N) is 3. The van der Waals surface area contributed by atoms with Crippen LogP contribution in [0.25, 0.3) is 0 Å². The molecule has 4 N–H and O–H groups in total. The maximum absolute atomic E-state index is 11.3. The van der Waals surface area contributed by atoms with Crippen LogP contribution < -0.4 is 16.4 Å². The Labute approximate surface area is 100 Å². The lowest BCUT2D eigenvalue weighted by molar-refractivity contribution is -0.119. The molecule has 1 aliphatic heterocycles. The molecule has 0 aliphatic carbocycles. The van der Waals surface area contributed by atoms with Crippen LogP contribution in [0.4, 0.5) is 11.6 Å². The Morgan fingerprint density at radius 2 is 2.35 bits per heavy atom. The molecule has 1 atom stereocenters. The van der Waals surface area contributed by atoms with Gasteiger partial charge in [-0.2, -0.15) is 0 Å². The van der Waals surface area contributed by atoms with Crippen LogP contribution in [0.3, 0.4) is 0 Å². The van der Waals surface area contributed by atoms with Crippen molar-refractivity contribution in [3.8, 4) is 0 Å². The number of primary amides is 1. The van der Waals surface area contributed by atoms with Gasteiger partial charge in [-0.1, -0.05) is 6.92 Å². The molecular weight excluding hydrogens is 218 g/mol. The molecule has 1 saturated heterocycles. The minimum atomic E-state index is -0.308. The van der Waals surface area contributed by atoms with E-state index in [9.17, 15) is 4.79 Å². The van der Waals surface area contributed by atoms with Crippen molar-refractivity contribution in [3.63, 3.8) is 0 Å². The van der Waals surface area contributed by atoms with E-state index in [0.717, 1.165) is 19.4 Å². The second-order valence-corrected chi connectivity index (χ2v) is 4.17. The molecule has 92 valence electrons. The normalized spacial score (nSPS) is 19.6. The summed E-state index contributed by atoms with van der Waals surface area (Å²) in [5.74, 6) is 1.52. The standard InChI is InChI=1S/C11H17N5O/c1-2-9-14-8(12)6-10(15-9)16-5-3-4-7(16)11(13)17/h6-7H,2-5H2,1H3,(H2,13,17)(H2,12,14,15). The van der Waals surface area contributed by atoms with E-state index in [1.54, 1.807) is 6.07 Å². The maximum atomic E-state index is 11.3. The van der Waals surface area contributed by atoms with Gasteiger partial charge >= 0.3 is 0 Å². The fourth-order valence-corrected chi connectivity index (χ4v) is 2.15. The number of nitrogens with two attached hydrogens (primary N) is 2. The Hall–Kier alpha value is -1.85. The molecule has 0 spiro atoms. The predicted molar refractivity (Wildman–Crippen MR) is 65.4 cm³/mol. The molecule has 1 unspecified atom stereocenters. The van der Waals surface area contributed by atoms with Crippen molar-refractivity contribution in [2.45, 2.75) is 32.2 Å². The molecule has 0 radical (unpaired) electrons. The van der Waals surface area contributed by atoms with Gasteiger partial charge in [0.2, 0.25) is 5.91 Å². The fourth-order valence-electron chi connectivity index (χ4n) is 2.15. The van der Waals surface area contributed by atoms with Gasteiger partial charge in [0.05, 0.1) is 0 Å². The molecule has 0 bridgehead atoms. The number of aryl methyl sites for hydroxylation is 1. The maximum Gasteiger partial charge on any atom is 0.240 e. The lowest BCUT2D eigenvalue weighted by Crippen LogP contribution is -2.40. The monoisotopic (exact) mass is 235 g/mol. The SMILES string of the molecule is CCc1nc(N)cc(N2CCCC2C(N)=O)n1. The summed E-state index contributed by atoms with van der Waals surface area (Å²) in [6, 6.07) is 1.43. The number of hydrogen-bond donors (Lipinski definition) is 2. The number of carbonyl (C=O) groups excluding carboxylic acids is 1. The quantitative estimate of drug-likeness (QED) is 0.772. The zero-order valence-corrected chi connectivity index (χ0v) is 9.89. The first-order chi connectivity index (χ1) is 8.11. The second kappa shape index (κ2) is 4.57. The number of nitrogen functional groups attached to an aromatic ring is 1. The van der Waals surface area contributed by atoms with Crippen LogP contribution in [-0.4, -0.2) is 28.5 Å². The molecule has 1 aromatic heterocycles. The molecule has 0 saturated carbocycles. The van der Waals surface area contributed by atoms with E-state index in [1.807, 2.05) is 11.8 Å². The van der Waals surface area contributed by atoms with Crippen LogP contribution in [0.15, 0.2) is 6.07 Å². The lowest BCUT2D eigenvalue weighted by atomic mass is 10.2. The number of carbonyl (C=O) groups is 1. The van der Waals surface area contributed by atoms with Gasteiger partial charge in [-0.25, -0.2) is 9.97 Å².